The largest absolute Gasteiger partial charge is 0.478 e. The highest BCUT2D eigenvalue weighted by molar-refractivity contribution is 5.92. The maximum absolute atomic E-state index is 11.7. The number of carboxylic acids is 1. The van der Waals surface area contributed by atoms with E-state index in [1.807, 2.05) is 0 Å². The average molecular weight is 286 g/mol. The molecule has 0 aliphatic rings. The fourth-order valence-corrected chi connectivity index (χ4v) is 1.76. The van der Waals surface area contributed by atoms with Gasteiger partial charge in [-0.3, -0.25) is 0 Å². The highest BCUT2D eigenvalue weighted by Crippen LogP contribution is 2.15. The van der Waals surface area contributed by atoms with Crippen LogP contribution in [0.3, 0.4) is 0 Å². The number of nitrogens with zero attached hydrogens (tertiary/aromatic N) is 2. The molecule has 7 heteroatoms. The van der Waals surface area contributed by atoms with Gasteiger partial charge in [-0.05, 0) is 42.8 Å². The molecule has 1 heterocycles. The zero-order valence-electron chi connectivity index (χ0n) is 11.3. The van der Waals surface area contributed by atoms with Gasteiger partial charge in [-0.1, -0.05) is 0 Å². The molecular formula is C14H14N4O3. The maximum Gasteiger partial charge on any atom is 0.335 e. The fourth-order valence-electron chi connectivity index (χ4n) is 1.76. The number of amides is 2. The van der Waals surface area contributed by atoms with Gasteiger partial charge in [0.2, 0.25) is 0 Å². The van der Waals surface area contributed by atoms with Crippen molar-refractivity contribution in [1.29, 1.82) is 0 Å². The summed E-state index contributed by atoms with van der Waals surface area (Å²) in [6, 6.07) is 7.68. The van der Waals surface area contributed by atoms with Gasteiger partial charge in [-0.15, -0.1) is 0 Å². The monoisotopic (exact) mass is 286 g/mol. The first-order valence-electron chi connectivity index (χ1n) is 6.21. The Balaban J connectivity index is 1.94. The Hall–Kier alpha value is -2.96. The number of rotatable bonds is 4. The predicted octanol–water partition coefficient (Wildman–Crippen LogP) is 1.80. The summed E-state index contributed by atoms with van der Waals surface area (Å²) in [6.07, 6.45) is 1.55. The Morgan fingerprint density at radius 3 is 2.71 bits per heavy atom. The Kier molecular flexibility index (Phi) is 4.45. The van der Waals surface area contributed by atoms with Crippen molar-refractivity contribution >= 4 is 17.7 Å². The van der Waals surface area contributed by atoms with Crippen LogP contribution in [0.2, 0.25) is 0 Å². The first-order valence-corrected chi connectivity index (χ1v) is 6.21. The minimum atomic E-state index is -0.994. The molecule has 0 fully saturated rings. The molecule has 7 nitrogen and oxygen atoms in total. The van der Waals surface area contributed by atoms with E-state index in [1.165, 1.54) is 6.07 Å². The number of aromatic nitrogens is 2. The topological polar surface area (TPSA) is 104 Å². The number of nitrogens with one attached hydrogen (secondary N) is 2. The number of carboxylic acid groups (broad SMARTS) is 1. The van der Waals surface area contributed by atoms with E-state index in [4.69, 9.17) is 5.11 Å². The third kappa shape index (κ3) is 4.00. The second-order valence-corrected chi connectivity index (χ2v) is 4.36. The lowest BCUT2D eigenvalue weighted by Crippen LogP contribution is -2.28. The summed E-state index contributed by atoms with van der Waals surface area (Å²) in [4.78, 5) is 22.6. The Morgan fingerprint density at radius 1 is 1.29 bits per heavy atom. The minimum Gasteiger partial charge on any atom is -0.478 e. The third-order valence-electron chi connectivity index (χ3n) is 2.77. The lowest BCUT2D eigenvalue weighted by Gasteiger charge is -2.09. The van der Waals surface area contributed by atoms with E-state index in [2.05, 4.69) is 20.8 Å². The maximum atomic E-state index is 11.7. The van der Waals surface area contributed by atoms with Gasteiger partial charge >= 0.3 is 12.0 Å². The summed E-state index contributed by atoms with van der Waals surface area (Å²) >= 11 is 0. The van der Waals surface area contributed by atoms with Crippen molar-refractivity contribution in [3.63, 3.8) is 0 Å². The van der Waals surface area contributed by atoms with E-state index in [1.54, 1.807) is 37.4 Å². The zero-order chi connectivity index (χ0) is 15.2. The second kappa shape index (κ2) is 6.47. The van der Waals surface area contributed by atoms with Crippen LogP contribution in [0.15, 0.2) is 36.5 Å². The van der Waals surface area contributed by atoms with Gasteiger partial charge in [-0.25, -0.2) is 9.59 Å². The molecule has 0 bridgehead atoms. The number of aromatic carboxylic acids is 1. The van der Waals surface area contributed by atoms with Gasteiger partial charge in [-0.2, -0.15) is 10.2 Å². The summed E-state index contributed by atoms with van der Waals surface area (Å²) in [6.45, 7) is 1.93. The molecule has 21 heavy (non-hydrogen) atoms. The van der Waals surface area contributed by atoms with Crippen LogP contribution < -0.4 is 10.6 Å². The van der Waals surface area contributed by atoms with Crippen molar-refractivity contribution in [3.8, 4) is 0 Å². The predicted molar refractivity (Wildman–Crippen MR) is 76.0 cm³/mol. The minimum absolute atomic E-state index is 0.209. The fraction of sp³-hybridized carbons (Fsp3) is 0.143. The van der Waals surface area contributed by atoms with E-state index in [-0.39, 0.29) is 12.1 Å². The zero-order valence-corrected chi connectivity index (χ0v) is 11.3. The Labute approximate surface area is 121 Å². The Morgan fingerprint density at radius 2 is 2.10 bits per heavy atom. The van der Waals surface area contributed by atoms with E-state index >= 15 is 0 Å². The molecule has 1 aromatic heterocycles. The van der Waals surface area contributed by atoms with Crippen LogP contribution in [0.25, 0.3) is 0 Å². The molecule has 0 spiro atoms. The van der Waals surface area contributed by atoms with Crippen molar-refractivity contribution in [1.82, 2.24) is 15.5 Å². The van der Waals surface area contributed by atoms with Crippen LogP contribution in [0.5, 0.6) is 0 Å². The van der Waals surface area contributed by atoms with Crippen LogP contribution >= 0.6 is 0 Å². The Bertz CT molecular complexity index is 659. The molecule has 0 aliphatic carbocycles. The van der Waals surface area contributed by atoms with Gasteiger partial charge in [0.15, 0.2) is 0 Å². The molecule has 3 N–H and O–H groups in total. The van der Waals surface area contributed by atoms with Crippen LogP contribution in [-0.4, -0.2) is 27.3 Å². The normalized spacial score (nSPS) is 9.95. The van der Waals surface area contributed by atoms with Crippen molar-refractivity contribution < 1.29 is 14.7 Å². The van der Waals surface area contributed by atoms with E-state index in [0.717, 1.165) is 0 Å². The van der Waals surface area contributed by atoms with E-state index in [0.29, 0.717) is 16.9 Å². The number of anilines is 1. The van der Waals surface area contributed by atoms with Crippen LogP contribution in [0.1, 0.15) is 21.6 Å². The van der Waals surface area contributed by atoms with E-state index < -0.39 is 12.0 Å². The third-order valence-corrected chi connectivity index (χ3v) is 2.77. The number of hydrogen-bond acceptors (Lipinski definition) is 4. The van der Waals surface area contributed by atoms with Gasteiger partial charge in [0.25, 0.3) is 0 Å². The molecule has 0 unspecified atom stereocenters. The van der Waals surface area contributed by atoms with Crippen molar-refractivity contribution in [2.75, 3.05) is 5.32 Å². The highest BCUT2D eigenvalue weighted by Gasteiger charge is 2.08. The molecular weight excluding hydrogens is 272 g/mol. The van der Waals surface area contributed by atoms with Gasteiger partial charge < -0.3 is 15.7 Å². The number of aryl methyl sites for hydroxylation is 1. The number of carbonyl (C=O) groups excluding carboxylic acids is 1. The molecule has 0 saturated carbocycles. The second-order valence-electron chi connectivity index (χ2n) is 4.36. The number of carbonyl (C=O) groups is 2. The van der Waals surface area contributed by atoms with Crippen molar-refractivity contribution in [2.24, 2.45) is 0 Å². The molecule has 108 valence electrons. The SMILES string of the molecule is Cc1cc(NC(=O)NCc2cccnn2)ccc1C(=O)O. The molecule has 0 radical (unpaired) electrons. The summed E-state index contributed by atoms with van der Waals surface area (Å²) in [7, 11) is 0. The first kappa shape index (κ1) is 14.4. The molecule has 1 aromatic carbocycles. The average Bonchev–Trinajstić information content (AvgIpc) is 2.46. The molecule has 2 amide bonds. The molecule has 2 aromatic rings. The molecule has 2 rings (SSSR count). The van der Waals surface area contributed by atoms with Gasteiger partial charge in [0.05, 0.1) is 17.8 Å². The number of hydrogen-bond donors (Lipinski definition) is 3. The smallest absolute Gasteiger partial charge is 0.335 e. The lowest BCUT2D eigenvalue weighted by atomic mass is 10.1. The summed E-state index contributed by atoms with van der Waals surface area (Å²) in [5.41, 5.74) is 1.95. The van der Waals surface area contributed by atoms with E-state index in [9.17, 15) is 9.59 Å². The number of benzene rings is 1. The highest BCUT2D eigenvalue weighted by atomic mass is 16.4. The van der Waals surface area contributed by atoms with Crippen molar-refractivity contribution in [3.05, 3.63) is 53.3 Å². The van der Waals surface area contributed by atoms with Crippen LogP contribution in [0.4, 0.5) is 10.5 Å². The lowest BCUT2D eigenvalue weighted by molar-refractivity contribution is 0.0696. The molecule has 0 saturated heterocycles. The quantitative estimate of drug-likeness (QED) is 0.795. The van der Waals surface area contributed by atoms with Crippen molar-refractivity contribution in [2.45, 2.75) is 13.5 Å². The number of urea groups is 1. The molecule has 0 atom stereocenters. The van der Waals surface area contributed by atoms with Crippen LogP contribution in [0, 0.1) is 6.92 Å². The standard InChI is InChI=1S/C14H14N4O3/c1-9-7-10(4-5-12(9)13(19)20)17-14(21)15-8-11-3-2-6-16-18-11/h2-7H,8H2,1H3,(H,19,20)(H2,15,17,21). The first-order chi connectivity index (χ1) is 10.1. The van der Waals surface area contributed by atoms with Crippen LogP contribution in [-0.2, 0) is 6.54 Å². The van der Waals surface area contributed by atoms with Gasteiger partial charge in [0.1, 0.15) is 0 Å². The summed E-state index contributed by atoms with van der Waals surface area (Å²) < 4.78 is 0. The summed E-state index contributed by atoms with van der Waals surface area (Å²) in [5, 5.41) is 21.8. The summed E-state index contributed by atoms with van der Waals surface area (Å²) in [5.74, 6) is -0.994. The van der Waals surface area contributed by atoms with Gasteiger partial charge in [0, 0.05) is 11.9 Å². The molecule has 0 aliphatic heterocycles.